The van der Waals surface area contributed by atoms with Gasteiger partial charge in [-0.1, -0.05) is 6.58 Å². The van der Waals surface area contributed by atoms with Crippen LogP contribution in [0.1, 0.15) is 39.0 Å². The van der Waals surface area contributed by atoms with Crippen LogP contribution in [-0.4, -0.2) is 47.8 Å². The van der Waals surface area contributed by atoms with Crippen molar-refractivity contribution >= 4 is 11.9 Å². The number of carbonyl (C=O) groups excluding carboxylic acids is 2. The third kappa shape index (κ3) is 2.60. The smallest absolute Gasteiger partial charge is 0.456 e. The molecule has 4 saturated carbocycles. The maximum absolute atomic E-state index is 15.9. The maximum Gasteiger partial charge on any atom is 0.462 e. The number of rotatable bonds is 3. The van der Waals surface area contributed by atoms with E-state index >= 15 is 8.78 Å². The quantitative estimate of drug-likeness (QED) is 0.380. The lowest BCUT2D eigenvalue weighted by atomic mass is 9.46. The first-order valence-electron chi connectivity index (χ1n) is 9.60. The number of hydrogen-bond donors (Lipinski definition) is 0. The van der Waals surface area contributed by atoms with Crippen molar-refractivity contribution in [3.05, 3.63) is 12.7 Å². The van der Waals surface area contributed by atoms with E-state index in [-0.39, 0.29) is 31.6 Å². The fraction of sp³-hybridized carbons (Fsp3) is 0.789. The van der Waals surface area contributed by atoms with Crippen LogP contribution >= 0.6 is 0 Å². The molecule has 0 aromatic carbocycles. The summed E-state index contributed by atoms with van der Waals surface area (Å²) in [5.74, 6) is -13.6. The number of carbonyl (C=O) groups is 2. The van der Waals surface area contributed by atoms with Crippen LogP contribution < -0.4 is 0 Å². The van der Waals surface area contributed by atoms with Crippen molar-refractivity contribution in [2.24, 2.45) is 17.8 Å². The molecule has 0 aromatic heterocycles. The molecule has 1 heterocycles. The predicted octanol–water partition coefficient (Wildman–Crippen LogP) is 3.49. The summed E-state index contributed by atoms with van der Waals surface area (Å²) in [5, 5.41) is 0. The Balaban J connectivity index is 1.79. The molecule has 4 bridgehead atoms. The zero-order valence-electron chi connectivity index (χ0n) is 16.1. The van der Waals surface area contributed by atoms with E-state index in [0.29, 0.717) is 13.3 Å². The highest BCUT2D eigenvalue weighted by Gasteiger charge is 2.87. The van der Waals surface area contributed by atoms with Crippen molar-refractivity contribution < 1.29 is 50.5 Å². The van der Waals surface area contributed by atoms with Gasteiger partial charge in [0.15, 0.2) is 6.79 Å². The summed E-state index contributed by atoms with van der Waals surface area (Å²) in [5.41, 5.74) is -3.61. The molecule has 5 rings (SSSR count). The minimum absolute atomic E-state index is 0.0802. The first-order valence-corrected chi connectivity index (χ1v) is 9.60. The van der Waals surface area contributed by atoms with Crippen molar-refractivity contribution in [2.45, 2.75) is 68.1 Å². The lowest BCUT2D eigenvalue weighted by Gasteiger charge is -2.67. The normalized spacial score (nSPS) is 44.0. The minimum atomic E-state index is -5.71. The molecular formula is C19H21F5O6. The second-order valence-electron chi connectivity index (χ2n) is 8.63. The number of hydrogen-bond acceptors (Lipinski definition) is 6. The number of esters is 2. The Morgan fingerprint density at radius 2 is 1.67 bits per heavy atom. The lowest BCUT2D eigenvalue weighted by molar-refractivity contribution is -0.519. The van der Waals surface area contributed by atoms with Crippen molar-refractivity contribution in [3.63, 3.8) is 0 Å². The van der Waals surface area contributed by atoms with Gasteiger partial charge >= 0.3 is 29.8 Å². The van der Waals surface area contributed by atoms with Gasteiger partial charge < -0.3 is 18.9 Å². The maximum atomic E-state index is 15.9. The van der Waals surface area contributed by atoms with Gasteiger partial charge in [0, 0.05) is 13.0 Å². The highest BCUT2D eigenvalue weighted by Crippen LogP contribution is 2.69. The van der Waals surface area contributed by atoms with Crippen LogP contribution in [-0.2, 0) is 28.5 Å². The molecule has 5 aliphatic rings. The van der Waals surface area contributed by atoms with E-state index in [0.717, 1.165) is 6.08 Å². The van der Waals surface area contributed by atoms with Gasteiger partial charge in [-0.25, -0.2) is 4.79 Å². The van der Waals surface area contributed by atoms with Gasteiger partial charge in [0.1, 0.15) is 11.2 Å². The van der Waals surface area contributed by atoms with Gasteiger partial charge in [-0.05, 0) is 49.9 Å². The van der Waals surface area contributed by atoms with Crippen LogP contribution in [0.25, 0.3) is 0 Å². The van der Waals surface area contributed by atoms with Gasteiger partial charge in [-0.15, -0.1) is 0 Å². The third-order valence-corrected chi connectivity index (χ3v) is 6.95. The molecule has 1 saturated heterocycles. The first kappa shape index (κ1) is 21.5. The van der Waals surface area contributed by atoms with Crippen LogP contribution in [0, 0.1) is 17.8 Å². The largest absolute Gasteiger partial charge is 0.462 e. The molecule has 0 radical (unpaired) electrons. The molecule has 0 N–H and O–H groups in total. The van der Waals surface area contributed by atoms with E-state index in [2.05, 4.69) is 16.1 Å². The minimum Gasteiger partial charge on any atom is -0.456 e. The second kappa shape index (κ2) is 6.38. The Kier molecular flexibility index (Phi) is 4.57. The molecule has 5 fully saturated rings. The number of alkyl halides is 5. The van der Waals surface area contributed by atoms with E-state index in [1.807, 2.05) is 0 Å². The summed E-state index contributed by atoms with van der Waals surface area (Å²) in [4.78, 5) is 23.2. The van der Waals surface area contributed by atoms with Gasteiger partial charge in [-0.2, -0.15) is 22.0 Å². The van der Waals surface area contributed by atoms with E-state index < -0.39 is 59.7 Å². The lowest BCUT2D eigenvalue weighted by Crippen LogP contribution is -2.81. The van der Waals surface area contributed by atoms with E-state index in [4.69, 9.17) is 9.47 Å². The summed E-state index contributed by atoms with van der Waals surface area (Å²) in [6, 6.07) is 0. The zero-order chi connectivity index (χ0) is 22.2. The molecule has 11 heteroatoms. The van der Waals surface area contributed by atoms with Gasteiger partial charge in [-0.3, -0.25) is 4.79 Å². The van der Waals surface area contributed by atoms with Gasteiger partial charge in [0.05, 0.1) is 0 Å². The zero-order valence-corrected chi connectivity index (χ0v) is 16.1. The highest BCUT2D eigenvalue weighted by atomic mass is 19.4. The van der Waals surface area contributed by atoms with Crippen LogP contribution in [0.3, 0.4) is 0 Å². The van der Waals surface area contributed by atoms with Crippen LogP contribution in [0.4, 0.5) is 22.0 Å². The van der Waals surface area contributed by atoms with E-state index in [1.165, 1.54) is 0 Å². The molecule has 1 aliphatic heterocycles. The van der Waals surface area contributed by atoms with Gasteiger partial charge in [0.2, 0.25) is 0 Å². The van der Waals surface area contributed by atoms with E-state index in [1.54, 1.807) is 0 Å². The number of halogens is 5. The first-order chi connectivity index (χ1) is 13.8. The molecule has 4 aliphatic carbocycles. The summed E-state index contributed by atoms with van der Waals surface area (Å²) >= 11 is 0. The fourth-order valence-electron chi connectivity index (χ4n) is 6.29. The molecule has 3 unspecified atom stereocenters. The average molecular weight is 440 g/mol. The SMILES string of the molecule is C=CC(=O)OC12CC3CC(C1)C1(OCOC(OC(C)=O)(C(F)(F)F)C1(F)F)C(C3)C2. The highest BCUT2D eigenvalue weighted by molar-refractivity contribution is 5.81. The third-order valence-electron chi connectivity index (χ3n) is 6.95. The molecule has 6 nitrogen and oxygen atoms in total. The van der Waals surface area contributed by atoms with Crippen LogP contribution in [0.5, 0.6) is 0 Å². The van der Waals surface area contributed by atoms with Crippen molar-refractivity contribution in [3.8, 4) is 0 Å². The Labute approximate surface area is 168 Å². The predicted molar refractivity (Wildman–Crippen MR) is 87.8 cm³/mol. The van der Waals surface area contributed by atoms with Crippen molar-refractivity contribution in [2.75, 3.05) is 6.79 Å². The average Bonchev–Trinajstić information content (AvgIpc) is 2.59. The Morgan fingerprint density at radius 3 is 2.17 bits per heavy atom. The molecule has 1 spiro atoms. The molecule has 0 amide bonds. The molecule has 0 aromatic rings. The summed E-state index contributed by atoms with van der Waals surface area (Å²) in [6.07, 6.45) is -4.08. The summed E-state index contributed by atoms with van der Waals surface area (Å²) in [6.45, 7) is 2.82. The molecular weight excluding hydrogens is 419 g/mol. The standard InChI is InChI=1S/C19H21F5O6/c1-3-14(26)30-15-6-11-4-12(7-15)16(13(5-11)8-15)17(20,21)18(19(22,23)24,28-9-27-16)29-10(2)25/h3,11-13H,1,4-9H2,2H3. The summed E-state index contributed by atoms with van der Waals surface area (Å²) in [7, 11) is 0. The van der Waals surface area contributed by atoms with Crippen molar-refractivity contribution in [1.82, 2.24) is 0 Å². The van der Waals surface area contributed by atoms with E-state index in [9.17, 15) is 22.8 Å². The molecule has 30 heavy (non-hydrogen) atoms. The topological polar surface area (TPSA) is 71.1 Å². The summed E-state index contributed by atoms with van der Waals surface area (Å²) < 4.78 is 92.9. The van der Waals surface area contributed by atoms with Crippen molar-refractivity contribution in [1.29, 1.82) is 0 Å². The van der Waals surface area contributed by atoms with Crippen LogP contribution in [0.15, 0.2) is 12.7 Å². The fourth-order valence-corrected chi connectivity index (χ4v) is 6.29. The van der Waals surface area contributed by atoms with Crippen LogP contribution in [0.2, 0.25) is 0 Å². The Hall–Kier alpha value is -1.75. The monoisotopic (exact) mass is 440 g/mol. The van der Waals surface area contributed by atoms with Gasteiger partial charge in [0.25, 0.3) is 0 Å². The number of ether oxygens (including phenoxy) is 4. The Bertz CT molecular complexity index is 764. The molecule has 168 valence electrons. The molecule has 3 atom stereocenters. The Morgan fingerprint density at radius 1 is 1.07 bits per heavy atom. The second-order valence-corrected chi connectivity index (χ2v) is 8.63.